The van der Waals surface area contributed by atoms with Crippen LogP contribution in [0.5, 0.6) is 0 Å². The number of rotatable bonds is 8. The minimum Gasteiger partial charge on any atom is -0.432 e. The first-order valence-corrected chi connectivity index (χ1v) is 16.1. The number of anilines is 1. The number of carbonyl (C=O) groups is 1. The van der Waals surface area contributed by atoms with Gasteiger partial charge in [-0.15, -0.1) is 5.10 Å². The summed E-state index contributed by atoms with van der Waals surface area (Å²) in [6.45, 7) is 6.82. The number of aromatic nitrogens is 3. The van der Waals surface area contributed by atoms with E-state index in [1.54, 1.807) is 15.6 Å². The number of ether oxygens (including phenoxy) is 1. The zero-order chi connectivity index (χ0) is 26.4. The Labute approximate surface area is 223 Å². The van der Waals surface area contributed by atoms with Crippen LogP contribution in [0.4, 0.5) is 5.69 Å². The normalized spacial score (nSPS) is 25.3. The molecule has 4 atom stereocenters. The number of aliphatic hydroxyl groups excluding tert-OH is 1. The molecule has 2 aliphatic rings. The molecule has 2 N–H and O–H groups in total. The third-order valence-electron chi connectivity index (χ3n) is 7.73. The monoisotopic (exact) mass is 540 g/mol. The molecule has 0 aliphatic carbocycles. The van der Waals surface area contributed by atoms with Crippen molar-refractivity contribution in [2.45, 2.75) is 63.2 Å². The molecule has 37 heavy (non-hydrogen) atoms. The molecule has 3 heterocycles. The Bertz CT molecular complexity index is 1280. The second-order valence-corrected chi connectivity index (χ2v) is 15.0. The Kier molecular flexibility index (Phi) is 7.01. The van der Waals surface area contributed by atoms with Crippen molar-refractivity contribution in [3.8, 4) is 0 Å². The molecular formula is C27H33ClN4O4Si. The molecule has 2 aromatic carbocycles. The standard InChI is InChI=1S/C27H33ClN4O4Si/c1-18-25(37(2,3)35)24(11-13-31-17-21(12-14-33)29-30-31)36-27(18)22-15-20(28)9-10-23(22)32(26(27)34)16-19-7-5-4-6-8-19/h4-10,15,17-18,24-25,33,35H,11-14,16H2,1-3H3/t18-,24+,25-,27+/m0/s1. The fraction of sp³-hybridized carbons (Fsp3) is 0.444. The molecular weight excluding hydrogens is 508 g/mol. The molecule has 1 fully saturated rings. The lowest BCUT2D eigenvalue weighted by Crippen LogP contribution is -2.46. The Morgan fingerprint density at radius 1 is 1.19 bits per heavy atom. The summed E-state index contributed by atoms with van der Waals surface area (Å²) in [6, 6.07) is 15.4. The number of amides is 1. The summed E-state index contributed by atoms with van der Waals surface area (Å²) < 4.78 is 8.55. The van der Waals surface area contributed by atoms with E-state index in [1.807, 2.05) is 68.7 Å². The summed E-state index contributed by atoms with van der Waals surface area (Å²) in [5.41, 5.74) is 1.91. The van der Waals surface area contributed by atoms with Crippen LogP contribution in [0.25, 0.3) is 0 Å². The van der Waals surface area contributed by atoms with Gasteiger partial charge >= 0.3 is 0 Å². The van der Waals surface area contributed by atoms with Gasteiger partial charge in [0.25, 0.3) is 5.91 Å². The third kappa shape index (κ3) is 4.63. The summed E-state index contributed by atoms with van der Waals surface area (Å²) in [7, 11) is -2.76. The second-order valence-electron chi connectivity index (χ2n) is 10.6. The van der Waals surface area contributed by atoms with Crippen LogP contribution in [0.2, 0.25) is 23.7 Å². The first-order valence-electron chi connectivity index (χ1n) is 12.7. The maximum absolute atomic E-state index is 14.3. The van der Waals surface area contributed by atoms with Gasteiger partial charge in [-0.2, -0.15) is 0 Å². The van der Waals surface area contributed by atoms with Crippen LogP contribution in [0.3, 0.4) is 0 Å². The van der Waals surface area contributed by atoms with E-state index in [4.69, 9.17) is 16.3 Å². The SMILES string of the molecule is C[C@H]1[C@H]([Si](C)(C)O)[C@@H](CCn2cc(CCO)nn2)O[C@]12C(=O)N(Cc1ccccc1)c1ccc(Cl)cc12. The van der Waals surface area contributed by atoms with Gasteiger partial charge in [0.05, 0.1) is 24.0 Å². The van der Waals surface area contributed by atoms with Crippen LogP contribution in [0.1, 0.15) is 30.2 Å². The van der Waals surface area contributed by atoms with Gasteiger partial charge in [-0.1, -0.05) is 54.1 Å². The number of nitrogens with zero attached hydrogens (tertiary/aromatic N) is 4. The average molecular weight is 541 g/mol. The summed E-state index contributed by atoms with van der Waals surface area (Å²) in [6.07, 6.45) is 2.48. The van der Waals surface area contributed by atoms with E-state index >= 15 is 0 Å². The lowest BCUT2D eigenvalue weighted by atomic mass is 9.82. The molecule has 196 valence electrons. The molecule has 1 amide bonds. The van der Waals surface area contributed by atoms with E-state index in [0.717, 1.165) is 22.5 Å². The highest BCUT2D eigenvalue weighted by Crippen LogP contribution is 2.60. The van der Waals surface area contributed by atoms with Crippen LogP contribution >= 0.6 is 11.6 Å². The van der Waals surface area contributed by atoms with Crippen LogP contribution in [-0.2, 0) is 34.6 Å². The predicted molar refractivity (Wildman–Crippen MR) is 144 cm³/mol. The van der Waals surface area contributed by atoms with Crippen molar-refractivity contribution in [2.75, 3.05) is 11.5 Å². The largest absolute Gasteiger partial charge is 0.432 e. The van der Waals surface area contributed by atoms with E-state index in [1.165, 1.54) is 0 Å². The molecule has 1 aromatic heterocycles. The van der Waals surface area contributed by atoms with E-state index in [2.05, 4.69) is 10.3 Å². The highest BCUT2D eigenvalue weighted by Gasteiger charge is 2.66. The van der Waals surface area contributed by atoms with Crippen molar-refractivity contribution in [2.24, 2.45) is 5.92 Å². The van der Waals surface area contributed by atoms with Gasteiger partial charge in [0, 0.05) is 47.8 Å². The van der Waals surface area contributed by atoms with E-state index < -0.39 is 13.9 Å². The molecule has 0 radical (unpaired) electrons. The lowest BCUT2D eigenvalue weighted by Gasteiger charge is -2.32. The molecule has 0 bridgehead atoms. The zero-order valence-electron chi connectivity index (χ0n) is 21.3. The summed E-state index contributed by atoms with van der Waals surface area (Å²) in [5, 5.41) is 18.0. The second kappa shape index (κ2) is 9.96. The third-order valence-corrected chi connectivity index (χ3v) is 10.5. The van der Waals surface area contributed by atoms with E-state index in [-0.39, 0.29) is 30.1 Å². The average Bonchev–Trinajstić information content (AvgIpc) is 3.49. The quantitative estimate of drug-likeness (QED) is 0.420. The van der Waals surface area contributed by atoms with Gasteiger partial charge in [0.1, 0.15) is 0 Å². The Morgan fingerprint density at radius 2 is 1.95 bits per heavy atom. The highest BCUT2D eigenvalue weighted by atomic mass is 35.5. The highest BCUT2D eigenvalue weighted by molar-refractivity contribution is 6.71. The van der Waals surface area contributed by atoms with Crippen molar-refractivity contribution < 1.29 is 19.4 Å². The molecule has 3 aromatic rings. The minimum atomic E-state index is -2.76. The van der Waals surface area contributed by atoms with Gasteiger partial charge in [-0.05, 0) is 43.3 Å². The van der Waals surface area contributed by atoms with E-state index in [9.17, 15) is 14.7 Å². The van der Waals surface area contributed by atoms with Crippen molar-refractivity contribution in [1.29, 1.82) is 0 Å². The number of carbonyl (C=O) groups excluding carboxylic acids is 1. The lowest BCUT2D eigenvalue weighted by molar-refractivity contribution is -0.146. The minimum absolute atomic E-state index is 0.0143. The topological polar surface area (TPSA) is 101 Å². The maximum atomic E-state index is 14.3. The zero-order valence-corrected chi connectivity index (χ0v) is 23.1. The van der Waals surface area contributed by atoms with Crippen LogP contribution in [0.15, 0.2) is 54.7 Å². The van der Waals surface area contributed by atoms with Gasteiger partial charge in [-0.25, -0.2) is 0 Å². The van der Waals surface area contributed by atoms with Gasteiger partial charge in [-0.3, -0.25) is 9.48 Å². The number of aliphatic hydroxyl groups is 1. The molecule has 1 saturated heterocycles. The molecule has 8 nitrogen and oxygen atoms in total. The van der Waals surface area contributed by atoms with Gasteiger partial charge in [0.15, 0.2) is 13.9 Å². The van der Waals surface area contributed by atoms with Crippen LogP contribution in [0, 0.1) is 5.92 Å². The maximum Gasteiger partial charge on any atom is 0.264 e. The number of hydrogen-bond donors (Lipinski definition) is 2. The van der Waals surface area contributed by atoms with Crippen LogP contribution in [-0.4, -0.2) is 51.8 Å². The fourth-order valence-electron chi connectivity index (χ4n) is 6.18. The van der Waals surface area contributed by atoms with Crippen molar-refractivity contribution in [1.82, 2.24) is 15.0 Å². The van der Waals surface area contributed by atoms with Crippen molar-refractivity contribution >= 4 is 31.5 Å². The molecule has 1 spiro atoms. The van der Waals surface area contributed by atoms with Gasteiger partial charge in [0.2, 0.25) is 0 Å². The van der Waals surface area contributed by atoms with Crippen molar-refractivity contribution in [3.63, 3.8) is 0 Å². The Morgan fingerprint density at radius 3 is 2.65 bits per heavy atom. The van der Waals surface area contributed by atoms with E-state index in [0.29, 0.717) is 31.0 Å². The van der Waals surface area contributed by atoms with Crippen molar-refractivity contribution in [3.05, 3.63) is 76.6 Å². The Hall–Kier alpha value is -2.56. The molecule has 5 rings (SSSR count). The van der Waals surface area contributed by atoms with Gasteiger partial charge < -0.3 is 19.5 Å². The predicted octanol–water partition coefficient (Wildman–Crippen LogP) is 3.90. The smallest absolute Gasteiger partial charge is 0.264 e. The summed E-state index contributed by atoms with van der Waals surface area (Å²) in [4.78, 5) is 27.5. The summed E-state index contributed by atoms with van der Waals surface area (Å²) in [5.74, 6) is -0.367. The fourth-order valence-corrected chi connectivity index (χ4v) is 8.95. The summed E-state index contributed by atoms with van der Waals surface area (Å²) >= 11 is 6.46. The number of hydrogen-bond acceptors (Lipinski definition) is 6. The molecule has 0 saturated carbocycles. The molecule has 2 aliphatic heterocycles. The van der Waals surface area contributed by atoms with Crippen LogP contribution < -0.4 is 4.90 Å². The first-order chi connectivity index (χ1) is 17.6. The first kappa shape index (κ1) is 26.1. The Balaban J connectivity index is 1.50. The number of halogens is 1. The molecule has 0 unspecified atom stereocenters. The number of aryl methyl sites for hydroxylation is 1. The number of benzene rings is 2. The number of fused-ring (bicyclic) bond motifs is 2. The molecule has 10 heteroatoms.